The summed E-state index contributed by atoms with van der Waals surface area (Å²) < 4.78 is 5.34. The number of hydrogen-bond donors (Lipinski definition) is 2. The molecule has 1 aliphatic heterocycles. The zero-order valence-electron chi connectivity index (χ0n) is 12.1. The highest BCUT2D eigenvalue weighted by atomic mass is 35.5. The molecule has 3 fully saturated rings. The van der Waals surface area contributed by atoms with Crippen LogP contribution in [0.4, 0.5) is 0 Å². The Kier molecular flexibility index (Phi) is 5.70. The zero-order valence-corrected chi connectivity index (χ0v) is 12.9. The van der Waals surface area contributed by atoms with Gasteiger partial charge in [-0.1, -0.05) is 6.42 Å². The Bertz CT molecular complexity index is 320. The first-order valence-corrected chi connectivity index (χ1v) is 7.85. The van der Waals surface area contributed by atoms with Crippen LogP contribution in [0.2, 0.25) is 0 Å². The largest absolute Gasteiger partial charge is 0.381 e. The van der Waals surface area contributed by atoms with Crippen LogP contribution in [0.3, 0.4) is 0 Å². The highest BCUT2D eigenvalue weighted by molar-refractivity contribution is 5.85. The fourth-order valence-corrected chi connectivity index (χ4v) is 4.28. The molecule has 3 atom stereocenters. The average molecular weight is 303 g/mol. The van der Waals surface area contributed by atoms with Gasteiger partial charge in [0.25, 0.3) is 0 Å². The molecule has 0 aromatic carbocycles. The van der Waals surface area contributed by atoms with Crippen LogP contribution in [0.25, 0.3) is 0 Å². The lowest BCUT2D eigenvalue weighted by molar-refractivity contribution is -0.124. The normalized spacial score (nSPS) is 40.0. The van der Waals surface area contributed by atoms with Gasteiger partial charge in [-0.3, -0.25) is 4.79 Å². The molecule has 2 aliphatic carbocycles. The minimum absolute atomic E-state index is 0. The Balaban J connectivity index is 0.00000147. The average Bonchev–Trinajstić information content (AvgIpc) is 2.83. The minimum atomic E-state index is 0. The van der Waals surface area contributed by atoms with Crippen LogP contribution in [0.5, 0.6) is 0 Å². The van der Waals surface area contributed by atoms with Crippen LogP contribution in [0, 0.1) is 17.8 Å². The second-order valence-electron chi connectivity index (χ2n) is 6.71. The molecule has 4 nitrogen and oxygen atoms in total. The van der Waals surface area contributed by atoms with Gasteiger partial charge in [0.1, 0.15) is 0 Å². The summed E-state index contributed by atoms with van der Waals surface area (Å²) in [4.78, 5) is 12.2. The van der Waals surface area contributed by atoms with Crippen molar-refractivity contribution < 1.29 is 9.53 Å². The highest BCUT2D eigenvalue weighted by Crippen LogP contribution is 2.39. The van der Waals surface area contributed by atoms with Crippen molar-refractivity contribution in [2.24, 2.45) is 23.5 Å². The quantitative estimate of drug-likeness (QED) is 0.836. The van der Waals surface area contributed by atoms with E-state index in [1.165, 1.54) is 19.3 Å². The van der Waals surface area contributed by atoms with Crippen LogP contribution in [-0.2, 0) is 9.53 Å². The molecular formula is C15H27ClN2O2. The topological polar surface area (TPSA) is 64.3 Å². The summed E-state index contributed by atoms with van der Waals surface area (Å²) in [6.45, 7) is 1.58. The van der Waals surface area contributed by atoms with E-state index < -0.39 is 0 Å². The number of nitrogens with one attached hydrogen (secondary N) is 1. The SMILES string of the molecule is Cl.NC1CC2CCCC(C1)C2NC(=O)CC1CCOC1. The summed E-state index contributed by atoms with van der Waals surface area (Å²) in [6, 6.07) is 0.745. The van der Waals surface area contributed by atoms with E-state index in [4.69, 9.17) is 10.5 Å². The van der Waals surface area contributed by atoms with Crippen LogP contribution < -0.4 is 11.1 Å². The lowest BCUT2D eigenvalue weighted by Gasteiger charge is -2.45. The molecule has 2 saturated carbocycles. The summed E-state index contributed by atoms with van der Waals surface area (Å²) in [5.74, 6) is 1.90. The van der Waals surface area contributed by atoms with Gasteiger partial charge in [0, 0.05) is 31.7 Å². The third kappa shape index (κ3) is 3.66. The number of carbonyl (C=O) groups excluding carboxylic acids is 1. The van der Waals surface area contributed by atoms with E-state index in [2.05, 4.69) is 5.32 Å². The van der Waals surface area contributed by atoms with Crippen LogP contribution >= 0.6 is 12.4 Å². The number of hydrogen-bond acceptors (Lipinski definition) is 3. The molecule has 116 valence electrons. The Hall–Kier alpha value is -0.320. The number of nitrogens with two attached hydrogens (primary N) is 1. The maximum absolute atomic E-state index is 12.2. The van der Waals surface area contributed by atoms with Crippen molar-refractivity contribution in [3.05, 3.63) is 0 Å². The summed E-state index contributed by atoms with van der Waals surface area (Å²) in [5, 5.41) is 3.32. The lowest BCUT2D eigenvalue weighted by Crippen LogP contribution is -2.53. The van der Waals surface area contributed by atoms with E-state index >= 15 is 0 Å². The second-order valence-corrected chi connectivity index (χ2v) is 6.71. The third-order valence-electron chi connectivity index (χ3n) is 5.20. The fourth-order valence-electron chi connectivity index (χ4n) is 4.28. The van der Waals surface area contributed by atoms with Gasteiger partial charge in [0.15, 0.2) is 0 Å². The Morgan fingerprint density at radius 3 is 2.50 bits per heavy atom. The summed E-state index contributed by atoms with van der Waals surface area (Å²) in [6.07, 6.45) is 7.65. The first-order chi connectivity index (χ1) is 9.22. The zero-order chi connectivity index (χ0) is 13.2. The molecule has 1 amide bonds. The van der Waals surface area contributed by atoms with E-state index in [0.717, 1.165) is 32.5 Å². The van der Waals surface area contributed by atoms with Crippen molar-refractivity contribution >= 4 is 18.3 Å². The summed E-state index contributed by atoms with van der Waals surface area (Å²) in [5.41, 5.74) is 6.12. The maximum atomic E-state index is 12.2. The Morgan fingerprint density at radius 2 is 1.90 bits per heavy atom. The molecule has 3 rings (SSSR count). The number of fused-ring (bicyclic) bond motifs is 2. The molecule has 20 heavy (non-hydrogen) atoms. The standard InChI is InChI=1S/C15H26N2O2.ClH/c16-13-7-11-2-1-3-12(8-13)15(11)17-14(18)6-10-4-5-19-9-10;/h10-13,15H,1-9,16H2,(H,17,18);1H. The van der Waals surface area contributed by atoms with Crippen molar-refractivity contribution in [2.45, 2.75) is 57.0 Å². The van der Waals surface area contributed by atoms with E-state index in [1.54, 1.807) is 0 Å². The van der Waals surface area contributed by atoms with Crippen molar-refractivity contribution in [3.63, 3.8) is 0 Å². The molecule has 0 aromatic heterocycles. The van der Waals surface area contributed by atoms with Crippen molar-refractivity contribution in [1.82, 2.24) is 5.32 Å². The lowest BCUT2D eigenvalue weighted by atomic mass is 9.67. The van der Waals surface area contributed by atoms with Gasteiger partial charge in [0.05, 0.1) is 0 Å². The Labute approximate surface area is 127 Å². The maximum Gasteiger partial charge on any atom is 0.220 e. The molecule has 0 spiro atoms. The Morgan fingerprint density at radius 1 is 1.20 bits per heavy atom. The predicted molar refractivity (Wildman–Crippen MR) is 80.8 cm³/mol. The van der Waals surface area contributed by atoms with Crippen LogP contribution in [0.15, 0.2) is 0 Å². The molecule has 0 radical (unpaired) electrons. The van der Waals surface area contributed by atoms with Gasteiger partial charge in [-0.15, -0.1) is 12.4 Å². The number of carbonyl (C=O) groups is 1. The first kappa shape index (κ1) is 16.1. The number of halogens is 1. The molecule has 3 aliphatic rings. The third-order valence-corrected chi connectivity index (χ3v) is 5.20. The van der Waals surface area contributed by atoms with Crippen molar-refractivity contribution in [1.29, 1.82) is 0 Å². The molecular weight excluding hydrogens is 276 g/mol. The van der Waals surface area contributed by atoms with E-state index in [9.17, 15) is 4.79 Å². The fraction of sp³-hybridized carbons (Fsp3) is 0.933. The minimum Gasteiger partial charge on any atom is -0.381 e. The molecule has 1 saturated heterocycles. The summed E-state index contributed by atoms with van der Waals surface area (Å²) >= 11 is 0. The van der Waals surface area contributed by atoms with E-state index in [0.29, 0.717) is 36.3 Å². The monoisotopic (exact) mass is 302 g/mol. The van der Waals surface area contributed by atoms with E-state index in [-0.39, 0.29) is 18.3 Å². The highest BCUT2D eigenvalue weighted by Gasteiger charge is 2.40. The number of ether oxygens (including phenoxy) is 1. The van der Waals surface area contributed by atoms with Crippen LogP contribution in [-0.4, -0.2) is 31.2 Å². The molecule has 3 unspecified atom stereocenters. The van der Waals surface area contributed by atoms with Crippen molar-refractivity contribution in [2.75, 3.05) is 13.2 Å². The smallest absolute Gasteiger partial charge is 0.220 e. The van der Waals surface area contributed by atoms with Gasteiger partial charge in [-0.25, -0.2) is 0 Å². The van der Waals surface area contributed by atoms with Gasteiger partial charge in [-0.2, -0.15) is 0 Å². The second kappa shape index (κ2) is 7.10. The number of rotatable bonds is 3. The molecule has 3 N–H and O–H groups in total. The number of amides is 1. The summed E-state index contributed by atoms with van der Waals surface area (Å²) in [7, 11) is 0. The van der Waals surface area contributed by atoms with Gasteiger partial charge in [-0.05, 0) is 49.9 Å². The van der Waals surface area contributed by atoms with E-state index in [1.807, 2.05) is 0 Å². The predicted octanol–water partition coefficient (Wildman–Crippen LogP) is 1.86. The molecule has 2 bridgehead atoms. The van der Waals surface area contributed by atoms with Crippen molar-refractivity contribution in [3.8, 4) is 0 Å². The first-order valence-electron chi connectivity index (χ1n) is 7.85. The van der Waals surface area contributed by atoms with Gasteiger partial charge >= 0.3 is 0 Å². The molecule has 1 heterocycles. The molecule has 5 heteroatoms. The van der Waals surface area contributed by atoms with Gasteiger partial charge < -0.3 is 15.8 Å². The van der Waals surface area contributed by atoms with Crippen LogP contribution in [0.1, 0.15) is 44.9 Å². The van der Waals surface area contributed by atoms with Gasteiger partial charge in [0.2, 0.25) is 5.91 Å². The molecule has 0 aromatic rings.